The molecule has 0 bridgehead atoms. The van der Waals surface area contributed by atoms with Crippen LogP contribution in [0.2, 0.25) is 0 Å². The molecule has 2 N–H and O–H groups in total. The first kappa shape index (κ1) is 19.0. The summed E-state index contributed by atoms with van der Waals surface area (Å²) >= 11 is 0. The molecular formula is C18H11F3N2O5. The normalized spacial score (nSPS) is 11.4. The minimum absolute atomic E-state index is 0.0100. The van der Waals surface area contributed by atoms with E-state index in [1.54, 1.807) is 0 Å². The first-order valence-electron chi connectivity index (χ1n) is 7.68. The van der Waals surface area contributed by atoms with E-state index in [-0.39, 0.29) is 21.4 Å². The smallest absolute Gasteiger partial charge is 0.422 e. The van der Waals surface area contributed by atoms with Gasteiger partial charge in [0, 0.05) is 11.6 Å². The zero-order valence-electron chi connectivity index (χ0n) is 13.8. The van der Waals surface area contributed by atoms with Crippen molar-refractivity contribution < 1.29 is 33.0 Å². The Hall–Kier alpha value is -3.82. The SMILES string of the molecule is O=[N+]([O-])c1cc(-c2cccc(-c3cc(C(F)(F)F)c[n+]([O-])c3)c2)cc(O)c1O. The number of nitro benzene ring substituents is 1. The molecule has 144 valence electrons. The maximum Gasteiger partial charge on any atom is 0.422 e. The van der Waals surface area contributed by atoms with Crippen molar-refractivity contribution in [3.05, 3.63) is 75.7 Å². The number of phenolic OH excluding ortho intramolecular Hbond substituents is 2. The van der Waals surface area contributed by atoms with Gasteiger partial charge in [0.2, 0.25) is 5.75 Å². The zero-order valence-corrected chi connectivity index (χ0v) is 13.8. The lowest BCUT2D eigenvalue weighted by Gasteiger charge is -2.10. The van der Waals surface area contributed by atoms with Gasteiger partial charge in [-0.15, -0.1) is 0 Å². The second-order valence-corrected chi connectivity index (χ2v) is 5.87. The van der Waals surface area contributed by atoms with E-state index in [0.717, 1.165) is 24.4 Å². The van der Waals surface area contributed by atoms with Crippen molar-refractivity contribution in [1.29, 1.82) is 0 Å². The third-order valence-corrected chi connectivity index (χ3v) is 3.97. The molecule has 0 radical (unpaired) electrons. The maximum atomic E-state index is 12.9. The summed E-state index contributed by atoms with van der Waals surface area (Å²) in [4.78, 5) is 10.1. The second kappa shape index (κ2) is 6.72. The number of halogens is 3. The van der Waals surface area contributed by atoms with Gasteiger partial charge in [0.1, 0.15) is 5.56 Å². The fourth-order valence-corrected chi connectivity index (χ4v) is 2.65. The summed E-state index contributed by atoms with van der Waals surface area (Å²) in [5.41, 5.74) is -1.12. The number of phenols is 2. The lowest BCUT2D eigenvalue weighted by Crippen LogP contribution is -2.27. The molecule has 0 fully saturated rings. The Morgan fingerprint density at radius 3 is 2.18 bits per heavy atom. The van der Waals surface area contributed by atoms with Gasteiger partial charge in [-0.2, -0.15) is 17.9 Å². The van der Waals surface area contributed by atoms with Crippen LogP contribution < -0.4 is 4.73 Å². The first-order chi connectivity index (χ1) is 13.1. The number of aromatic nitrogens is 1. The van der Waals surface area contributed by atoms with Gasteiger partial charge < -0.3 is 15.4 Å². The largest absolute Gasteiger partial charge is 0.619 e. The summed E-state index contributed by atoms with van der Waals surface area (Å²) in [6, 6.07) is 8.78. The highest BCUT2D eigenvalue weighted by Gasteiger charge is 2.33. The summed E-state index contributed by atoms with van der Waals surface area (Å²) < 4.78 is 38.9. The van der Waals surface area contributed by atoms with E-state index in [1.165, 1.54) is 24.3 Å². The van der Waals surface area contributed by atoms with Crippen LogP contribution in [0.3, 0.4) is 0 Å². The van der Waals surface area contributed by atoms with E-state index < -0.39 is 33.8 Å². The van der Waals surface area contributed by atoms with Gasteiger partial charge in [0.25, 0.3) is 0 Å². The number of rotatable bonds is 3. The molecule has 1 aromatic heterocycles. The average Bonchev–Trinajstić information content (AvgIpc) is 2.62. The third kappa shape index (κ3) is 3.65. The van der Waals surface area contributed by atoms with Crippen molar-refractivity contribution in [2.24, 2.45) is 0 Å². The molecule has 0 amide bonds. The van der Waals surface area contributed by atoms with Crippen molar-refractivity contribution in [3.63, 3.8) is 0 Å². The van der Waals surface area contributed by atoms with Gasteiger partial charge in [-0.25, -0.2) is 0 Å². The summed E-state index contributed by atoms with van der Waals surface area (Å²) in [5, 5.41) is 41.9. The van der Waals surface area contributed by atoms with Crippen molar-refractivity contribution in [2.45, 2.75) is 6.18 Å². The Morgan fingerprint density at radius 1 is 0.929 bits per heavy atom. The summed E-state index contributed by atoms with van der Waals surface area (Å²) in [6.45, 7) is 0. The van der Waals surface area contributed by atoms with Crippen molar-refractivity contribution in [3.8, 4) is 33.8 Å². The number of aromatic hydroxyl groups is 2. The van der Waals surface area contributed by atoms with Crippen LogP contribution in [0.5, 0.6) is 11.5 Å². The molecule has 7 nitrogen and oxygen atoms in total. The molecule has 0 saturated carbocycles. The van der Waals surface area contributed by atoms with E-state index in [0.29, 0.717) is 11.8 Å². The van der Waals surface area contributed by atoms with E-state index in [4.69, 9.17) is 0 Å². The number of nitrogens with zero attached hydrogens (tertiary/aromatic N) is 2. The van der Waals surface area contributed by atoms with Gasteiger partial charge in [0.15, 0.2) is 18.1 Å². The Kier molecular flexibility index (Phi) is 4.55. The highest BCUT2D eigenvalue weighted by Crippen LogP contribution is 2.40. The molecule has 10 heteroatoms. The highest BCUT2D eigenvalue weighted by atomic mass is 19.4. The molecule has 0 atom stereocenters. The standard InChI is InChI=1S/C18H11F3N2O5/c19-18(20,21)14-5-13(8-22(26)9-14)11-3-1-2-10(4-11)12-6-15(23(27)28)17(25)16(24)7-12/h1-9,24-25H. The van der Waals surface area contributed by atoms with Crippen LogP contribution in [0.4, 0.5) is 18.9 Å². The van der Waals surface area contributed by atoms with Crippen molar-refractivity contribution in [1.82, 2.24) is 0 Å². The number of hydrogen-bond donors (Lipinski definition) is 2. The van der Waals surface area contributed by atoms with Gasteiger partial charge in [0.05, 0.1) is 4.92 Å². The maximum absolute atomic E-state index is 12.9. The van der Waals surface area contributed by atoms with Gasteiger partial charge in [-0.3, -0.25) is 10.1 Å². The minimum atomic E-state index is -4.71. The quantitative estimate of drug-likeness (QED) is 0.230. The fraction of sp³-hybridized carbons (Fsp3) is 0.0556. The molecule has 0 aliphatic carbocycles. The van der Waals surface area contributed by atoms with Gasteiger partial charge >= 0.3 is 11.9 Å². The lowest BCUT2D eigenvalue weighted by atomic mass is 9.98. The number of alkyl halides is 3. The Bertz CT molecular complexity index is 1080. The predicted molar refractivity (Wildman–Crippen MR) is 91.3 cm³/mol. The van der Waals surface area contributed by atoms with Crippen LogP contribution >= 0.6 is 0 Å². The van der Waals surface area contributed by atoms with Crippen LogP contribution in [0.1, 0.15) is 5.56 Å². The van der Waals surface area contributed by atoms with Crippen molar-refractivity contribution in [2.75, 3.05) is 0 Å². The molecular weight excluding hydrogens is 381 g/mol. The highest BCUT2D eigenvalue weighted by molar-refractivity contribution is 5.76. The van der Waals surface area contributed by atoms with Gasteiger partial charge in [-0.1, -0.05) is 18.2 Å². The Morgan fingerprint density at radius 2 is 1.57 bits per heavy atom. The Balaban J connectivity index is 2.12. The summed E-state index contributed by atoms with van der Waals surface area (Å²) in [7, 11) is 0. The third-order valence-electron chi connectivity index (χ3n) is 3.97. The number of pyridine rings is 1. The molecule has 28 heavy (non-hydrogen) atoms. The minimum Gasteiger partial charge on any atom is -0.619 e. The molecule has 0 spiro atoms. The van der Waals surface area contributed by atoms with Crippen LogP contribution in [0.25, 0.3) is 22.3 Å². The topological polar surface area (TPSA) is 111 Å². The van der Waals surface area contributed by atoms with Crippen LogP contribution in [-0.2, 0) is 6.18 Å². The van der Waals surface area contributed by atoms with Gasteiger partial charge in [-0.05, 0) is 34.9 Å². The molecule has 0 aliphatic heterocycles. The second-order valence-electron chi connectivity index (χ2n) is 5.87. The monoisotopic (exact) mass is 392 g/mol. The van der Waals surface area contributed by atoms with Crippen LogP contribution in [0, 0.1) is 15.3 Å². The van der Waals surface area contributed by atoms with E-state index in [9.17, 15) is 38.7 Å². The average molecular weight is 392 g/mol. The molecule has 3 rings (SSSR count). The van der Waals surface area contributed by atoms with E-state index in [1.807, 2.05) is 0 Å². The molecule has 1 heterocycles. The Labute approximate surface area is 155 Å². The zero-order chi connectivity index (χ0) is 20.6. The van der Waals surface area contributed by atoms with E-state index >= 15 is 0 Å². The number of benzene rings is 2. The fourth-order valence-electron chi connectivity index (χ4n) is 2.65. The summed E-state index contributed by atoms with van der Waals surface area (Å²) in [6.07, 6.45) is -3.33. The molecule has 3 aromatic rings. The van der Waals surface area contributed by atoms with Crippen molar-refractivity contribution >= 4 is 5.69 Å². The molecule has 0 unspecified atom stereocenters. The summed E-state index contributed by atoms with van der Waals surface area (Å²) in [5.74, 6) is -1.61. The number of hydrogen-bond acceptors (Lipinski definition) is 5. The predicted octanol–water partition coefficient (Wildman–Crippen LogP) is 3.99. The molecule has 0 aliphatic rings. The number of nitro groups is 1. The first-order valence-corrected chi connectivity index (χ1v) is 7.68. The molecule has 0 saturated heterocycles. The van der Waals surface area contributed by atoms with Crippen LogP contribution in [0.15, 0.2) is 54.9 Å². The van der Waals surface area contributed by atoms with E-state index in [2.05, 4.69) is 0 Å². The molecule has 2 aromatic carbocycles. The van der Waals surface area contributed by atoms with Crippen LogP contribution in [-0.4, -0.2) is 15.1 Å². The lowest BCUT2D eigenvalue weighted by molar-refractivity contribution is -0.606.